The van der Waals surface area contributed by atoms with Gasteiger partial charge in [0.2, 0.25) is 0 Å². The van der Waals surface area contributed by atoms with Crippen LogP contribution in [0.5, 0.6) is 0 Å². The summed E-state index contributed by atoms with van der Waals surface area (Å²) in [4.78, 5) is 0. The normalized spacial score (nSPS) is 14.6. The van der Waals surface area contributed by atoms with Crippen LogP contribution in [0.25, 0.3) is 0 Å². The number of nitrogens with one attached hydrogen (secondary N) is 1. The van der Waals surface area contributed by atoms with E-state index in [1.807, 2.05) is 0 Å². The lowest BCUT2D eigenvalue weighted by Gasteiger charge is -2.29. The molecule has 0 aliphatic heterocycles. The maximum absolute atomic E-state index is 3.58. The van der Waals surface area contributed by atoms with Crippen LogP contribution in [0, 0.1) is 5.41 Å². The van der Waals surface area contributed by atoms with Crippen molar-refractivity contribution in [2.24, 2.45) is 5.41 Å². The van der Waals surface area contributed by atoms with Crippen LogP contribution in [0.3, 0.4) is 0 Å². The van der Waals surface area contributed by atoms with E-state index in [1.165, 1.54) is 30.4 Å². The molecule has 1 N–H and O–H groups in total. The Hall–Kier alpha value is -0.820. The molecule has 1 rings (SSSR count). The third kappa shape index (κ3) is 5.36. The Morgan fingerprint density at radius 3 is 2.21 bits per heavy atom. The number of benzene rings is 1. The summed E-state index contributed by atoms with van der Waals surface area (Å²) < 4.78 is 0. The van der Waals surface area contributed by atoms with Crippen LogP contribution in [0.2, 0.25) is 0 Å². The van der Waals surface area contributed by atoms with Crippen LogP contribution in [-0.4, -0.2) is 13.1 Å². The van der Waals surface area contributed by atoms with E-state index in [0.29, 0.717) is 11.3 Å². The van der Waals surface area contributed by atoms with Gasteiger partial charge in [-0.25, -0.2) is 0 Å². The van der Waals surface area contributed by atoms with Crippen molar-refractivity contribution in [3.63, 3.8) is 0 Å². The Bertz CT molecular complexity index is 352. The van der Waals surface area contributed by atoms with Crippen molar-refractivity contribution < 1.29 is 0 Å². The van der Waals surface area contributed by atoms with E-state index in [1.54, 1.807) is 0 Å². The van der Waals surface area contributed by atoms with Crippen molar-refractivity contribution in [3.8, 4) is 0 Å². The van der Waals surface area contributed by atoms with Gasteiger partial charge in [-0.3, -0.25) is 0 Å². The van der Waals surface area contributed by atoms with Gasteiger partial charge in [0.15, 0.2) is 0 Å². The van der Waals surface area contributed by atoms with Crippen LogP contribution in [0.4, 0.5) is 0 Å². The molecule has 1 aromatic rings. The predicted molar refractivity (Wildman–Crippen MR) is 85.8 cm³/mol. The molecule has 1 atom stereocenters. The highest BCUT2D eigenvalue weighted by Crippen LogP contribution is 2.26. The molecule has 1 aromatic carbocycles. The van der Waals surface area contributed by atoms with Gasteiger partial charge in [-0.05, 0) is 48.3 Å². The zero-order valence-electron chi connectivity index (χ0n) is 13.4. The molecule has 1 nitrogen and oxygen atoms in total. The second-order valence-electron chi connectivity index (χ2n) is 6.41. The Labute approximate surface area is 119 Å². The van der Waals surface area contributed by atoms with Gasteiger partial charge in [-0.1, -0.05) is 58.9 Å². The third-order valence-electron chi connectivity index (χ3n) is 4.11. The van der Waals surface area contributed by atoms with Gasteiger partial charge in [-0.15, -0.1) is 0 Å². The molecule has 0 bridgehead atoms. The van der Waals surface area contributed by atoms with Crippen LogP contribution in [0.15, 0.2) is 24.3 Å². The molecule has 0 radical (unpaired) electrons. The van der Waals surface area contributed by atoms with Gasteiger partial charge in [0.25, 0.3) is 0 Å². The first-order valence-electron chi connectivity index (χ1n) is 7.80. The maximum Gasteiger partial charge on any atom is 0.000824 e. The van der Waals surface area contributed by atoms with Crippen molar-refractivity contribution in [1.82, 2.24) is 5.32 Å². The smallest absolute Gasteiger partial charge is 0.000824 e. The molecule has 0 aliphatic carbocycles. The number of hydrogen-bond acceptors (Lipinski definition) is 1. The van der Waals surface area contributed by atoms with Gasteiger partial charge in [0.05, 0.1) is 0 Å². The summed E-state index contributed by atoms with van der Waals surface area (Å²) in [5, 5.41) is 3.58. The summed E-state index contributed by atoms with van der Waals surface area (Å²) in [5.74, 6) is 0.623. The first-order valence-corrected chi connectivity index (χ1v) is 7.80. The second-order valence-corrected chi connectivity index (χ2v) is 6.41. The molecule has 0 aromatic heterocycles. The second kappa shape index (κ2) is 7.69. The van der Waals surface area contributed by atoms with Crippen molar-refractivity contribution in [1.29, 1.82) is 0 Å². The van der Waals surface area contributed by atoms with E-state index in [4.69, 9.17) is 0 Å². The summed E-state index contributed by atoms with van der Waals surface area (Å²) in [7, 11) is 0. The first kappa shape index (κ1) is 16.2. The predicted octanol–water partition coefficient (Wildman–Crippen LogP) is 4.77. The standard InChI is InChI=1S/C18H31N/c1-6-12-19-14-18(5,7-2)13-16-8-10-17(11-9-16)15(3)4/h8-11,15,19H,6-7,12-14H2,1-5H3. The van der Waals surface area contributed by atoms with Crippen molar-refractivity contribution in [2.45, 2.75) is 59.8 Å². The molecular formula is C18H31N. The van der Waals surface area contributed by atoms with Crippen LogP contribution >= 0.6 is 0 Å². The molecule has 0 spiro atoms. The van der Waals surface area contributed by atoms with E-state index in [9.17, 15) is 0 Å². The lowest BCUT2D eigenvalue weighted by atomic mass is 9.81. The van der Waals surface area contributed by atoms with Crippen molar-refractivity contribution in [3.05, 3.63) is 35.4 Å². The fourth-order valence-corrected chi connectivity index (χ4v) is 2.39. The monoisotopic (exact) mass is 261 g/mol. The minimum atomic E-state index is 0.370. The lowest BCUT2D eigenvalue weighted by molar-refractivity contribution is 0.291. The highest BCUT2D eigenvalue weighted by molar-refractivity contribution is 5.25. The van der Waals surface area contributed by atoms with Crippen LogP contribution < -0.4 is 5.32 Å². The molecule has 1 unspecified atom stereocenters. The molecule has 0 aliphatic rings. The molecule has 0 heterocycles. The lowest BCUT2D eigenvalue weighted by Crippen LogP contribution is -2.33. The Morgan fingerprint density at radius 1 is 1.11 bits per heavy atom. The summed E-state index contributed by atoms with van der Waals surface area (Å²) in [5.41, 5.74) is 3.27. The zero-order valence-corrected chi connectivity index (χ0v) is 13.4. The fourth-order valence-electron chi connectivity index (χ4n) is 2.39. The highest BCUT2D eigenvalue weighted by atomic mass is 14.9. The molecule has 108 valence electrons. The van der Waals surface area contributed by atoms with E-state index >= 15 is 0 Å². The number of rotatable bonds is 8. The largest absolute Gasteiger partial charge is 0.316 e. The molecule has 0 amide bonds. The molecule has 19 heavy (non-hydrogen) atoms. The average molecular weight is 261 g/mol. The average Bonchev–Trinajstić information content (AvgIpc) is 2.39. The summed E-state index contributed by atoms with van der Waals surface area (Å²) in [6.07, 6.45) is 3.59. The SMILES string of the molecule is CCCNCC(C)(CC)Cc1ccc(C(C)C)cc1. The summed E-state index contributed by atoms with van der Waals surface area (Å²) in [6, 6.07) is 9.19. The molecular weight excluding hydrogens is 230 g/mol. The first-order chi connectivity index (χ1) is 9.00. The third-order valence-corrected chi connectivity index (χ3v) is 4.11. The number of hydrogen-bond donors (Lipinski definition) is 1. The quantitative estimate of drug-likeness (QED) is 0.665. The Morgan fingerprint density at radius 2 is 1.74 bits per heavy atom. The van der Waals surface area contributed by atoms with E-state index < -0.39 is 0 Å². The minimum Gasteiger partial charge on any atom is -0.316 e. The zero-order chi connectivity index (χ0) is 14.3. The van der Waals surface area contributed by atoms with Crippen molar-refractivity contribution >= 4 is 0 Å². The molecule has 0 saturated carbocycles. The van der Waals surface area contributed by atoms with E-state index in [2.05, 4.69) is 64.2 Å². The van der Waals surface area contributed by atoms with Gasteiger partial charge >= 0.3 is 0 Å². The van der Waals surface area contributed by atoms with E-state index in [0.717, 1.165) is 13.1 Å². The van der Waals surface area contributed by atoms with Gasteiger partial charge in [-0.2, -0.15) is 0 Å². The fraction of sp³-hybridized carbons (Fsp3) is 0.667. The summed E-state index contributed by atoms with van der Waals surface area (Å²) in [6.45, 7) is 13.7. The minimum absolute atomic E-state index is 0.370. The molecule has 1 heteroatoms. The maximum atomic E-state index is 3.58. The van der Waals surface area contributed by atoms with E-state index in [-0.39, 0.29) is 0 Å². The van der Waals surface area contributed by atoms with Gasteiger partial charge in [0.1, 0.15) is 0 Å². The Kier molecular flexibility index (Phi) is 6.57. The van der Waals surface area contributed by atoms with Crippen LogP contribution in [-0.2, 0) is 6.42 Å². The van der Waals surface area contributed by atoms with Crippen molar-refractivity contribution in [2.75, 3.05) is 13.1 Å². The summed E-state index contributed by atoms with van der Waals surface area (Å²) >= 11 is 0. The molecule has 0 fully saturated rings. The molecule has 0 saturated heterocycles. The topological polar surface area (TPSA) is 12.0 Å². The van der Waals surface area contributed by atoms with Gasteiger partial charge < -0.3 is 5.32 Å². The highest BCUT2D eigenvalue weighted by Gasteiger charge is 2.22. The Balaban J connectivity index is 2.63. The van der Waals surface area contributed by atoms with Gasteiger partial charge in [0, 0.05) is 6.54 Å². The van der Waals surface area contributed by atoms with Crippen LogP contribution in [0.1, 0.15) is 64.5 Å².